The first-order chi connectivity index (χ1) is 8.28. The second kappa shape index (κ2) is 4.33. The number of β-amino-alcohol motifs (C(OH)–C–C–N with tert-alkyl or cyclic N) is 1. The van der Waals surface area contributed by atoms with E-state index >= 15 is 0 Å². The zero-order valence-corrected chi connectivity index (χ0v) is 11.8. The van der Waals surface area contributed by atoms with Crippen LogP contribution in [0.2, 0.25) is 0 Å². The lowest BCUT2D eigenvalue weighted by Gasteiger charge is -2.45. The monoisotopic (exact) mass is 269 g/mol. The van der Waals surface area contributed by atoms with Crippen molar-refractivity contribution in [2.75, 3.05) is 13.1 Å². The Balaban J connectivity index is 2.31. The van der Waals surface area contributed by atoms with E-state index in [1.54, 1.807) is 13.0 Å². The zero-order valence-electron chi connectivity index (χ0n) is 11.0. The highest BCUT2D eigenvalue weighted by molar-refractivity contribution is 7.89. The van der Waals surface area contributed by atoms with Crippen LogP contribution in [-0.2, 0) is 10.0 Å². The molecular formula is C13H19NO3S. The van der Waals surface area contributed by atoms with Gasteiger partial charge in [0.25, 0.3) is 0 Å². The quantitative estimate of drug-likeness (QED) is 0.903. The van der Waals surface area contributed by atoms with E-state index in [-0.39, 0.29) is 13.1 Å². The van der Waals surface area contributed by atoms with Crippen LogP contribution in [0.1, 0.15) is 24.5 Å². The van der Waals surface area contributed by atoms with Crippen LogP contribution >= 0.6 is 0 Å². The molecule has 1 saturated heterocycles. The molecule has 0 spiro atoms. The summed E-state index contributed by atoms with van der Waals surface area (Å²) in [5, 5.41) is 9.92. The predicted molar refractivity (Wildman–Crippen MR) is 69.9 cm³/mol. The molecule has 4 nitrogen and oxygen atoms in total. The van der Waals surface area contributed by atoms with Crippen LogP contribution in [0, 0.1) is 13.8 Å². The van der Waals surface area contributed by atoms with Gasteiger partial charge in [0.2, 0.25) is 10.0 Å². The third-order valence-electron chi connectivity index (χ3n) is 3.56. The van der Waals surface area contributed by atoms with E-state index in [0.29, 0.717) is 11.3 Å². The summed E-state index contributed by atoms with van der Waals surface area (Å²) in [5.74, 6) is 0. The van der Waals surface area contributed by atoms with Gasteiger partial charge < -0.3 is 5.11 Å². The first kappa shape index (κ1) is 13.5. The Morgan fingerprint density at radius 1 is 1.33 bits per heavy atom. The summed E-state index contributed by atoms with van der Waals surface area (Å²) in [6.07, 6.45) is 0.575. The molecule has 0 atom stereocenters. The fourth-order valence-corrected chi connectivity index (χ4v) is 4.04. The Kier molecular flexibility index (Phi) is 3.25. The summed E-state index contributed by atoms with van der Waals surface area (Å²) >= 11 is 0. The number of aliphatic hydroxyl groups is 1. The molecule has 0 amide bonds. The molecule has 0 radical (unpaired) electrons. The number of sulfonamides is 1. The lowest BCUT2D eigenvalue weighted by Crippen LogP contribution is -2.62. The van der Waals surface area contributed by atoms with Gasteiger partial charge in [0.1, 0.15) is 0 Å². The number of aryl methyl sites for hydroxylation is 2. The smallest absolute Gasteiger partial charge is 0.243 e. The van der Waals surface area contributed by atoms with Gasteiger partial charge in [-0.15, -0.1) is 0 Å². The molecule has 0 aliphatic carbocycles. The molecule has 5 heteroatoms. The Labute approximate surface area is 108 Å². The SMILES string of the molecule is CCC1(O)CN(S(=O)(=O)c2cc(C)ccc2C)C1. The minimum atomic E-state index is -3.46. The fourth-order valence-electron chi connectivity index (χ4n) is 2.13. The summed E-state index contributed by atoms with van der Waals surface area (Å²) in [4.78, 5) is 0.348. The van der Waals surface area contributed by atoms with Crippen molar-refractivity contribution in [2.45, 2.75) is 37.7 Å². The number of hydrogen-bond donors (Lipinski definition) is 1. The Bertz CT molecular complexity index is 560. The van der Waals surface area contributed by atoms with Crippen molar-refractivity contribution >= 4 is 10.0 Å². The first-order valence-corrected chi connectivity index (χ1v) is 7.52. The van der Waals surface area contributed by atoms with Gasteiger partial charge in [-0.05, 0) is 37.5 Å². The van der Waals surface area contributed by atoms with Crippen molar-refractivity contribution < 1.29 is 13.5 Å². The third kappa shape index (κ3) is 2.18. The standard InChI is InChI=1S/C13H19NO3S/c1-4-13(15)8-14(9-13)18(16,17)12-7-10(2)5-6-11(12)3/h5-7,15H,4,8-9H2,1-3H3. The van der Waals surface area contributed by atoms with E-state index in [4.69, 9.17) is 0 Å². The highest BCUT2D eigenvalue weighted by Gasteiger charge is 2.46. The molecule has 2 rings (SSSR count). The lowest BCUT2D eigenvalue weighted by atomic mass is 9.94. The minimum Gasteiger partial charge on any atom is -0.387 e. The predicted octanol–water partition coefficient (Wildman–Crippen LogP) is 1.45. The Hall–Kier alpha value is -0.910. The number of nitrogens with zero attached hydrogens (tertiary/aromatic N) is 1. The average Bonchev–Trinajstić information content (AvgIpc) is 2.28. The molecule has 0 saturated carbocycles. The summed E-state index contributed by atoms with van der Waals surface area (Å²) in [7, 11) is -3.46. The lowest BCUT2D eigenvalue weighted by molar-refractivity contribution is -0.0613. The fraction of sp³-hybridized carbons (Fsp3) is 0.538. The van der Waals surface area contributed by atoms with Crippen molar-refractivity contribution in [3.05, 3.63) is 29.3 Å². The van der Waals surface area contributed by atoms with Crippen molar-refractivity contribution in [3.63, 3.8) is 0 Å². The van der Waals surface area contributed by atoms with Crippen molar-refractivity contribution in [1.82, 2.24) is 4.31 Å². The minimum absolute atomic E-state index is 0.194. The summed E-state index contributed by atoms with van der Waals surface area (Å²) in [5.41, 5.74) is 0.822. The van der Waals surface area contributed by atoms with Crippen LogP contribution in [0.25, 0.3) is 0 Å². The number of rotatable bonds is 3. The second-order valence-electron chi connectivity index (χ2n) is 5.12. The first-order valence-electron chi connectivity index (χ1n) is 6.08. The molecule has 1 aliphatic heterocycles. The van der Waals surface area contributed by atoms with Gasteiger partial charge in [0, 0.05) is 13.1 Å². The van der Waals surface area contributed by atoms with Crippen LogP contribution in [0.15, 0.2) is 23.1 Å². The Morgan fingerprint density at radius 3 is 2.50 bits per heavy atom. The maximum absolute atomic E-state index is 12.4. The van der Waals surface area contributed by atoms with Crippen molar-refractivity contribution in [2.24, 2.45) is 0 Å². The zero-order chi connectivity index (χ0) is 13.6. The van der Waals surface area contributed by atoms with Gasteiger partial charge in [0.05, 0.1) is 10.5 Å². The van der Waals surface area contributed by atoms with Gasteiger partial charge >= 0.3 is 0 Å². The third-order valence-corrected chi connectivity index (χ3v) is 5.49. The van der Waals surface area contributed by atoms with E-state index in [1.807, 2.05) is 26.0 Å². The van der Waals surface area contributed by atoms with Crippen LogP contribution in [0.4, 0.5) is 0 Å². The molecule has 0 bridgehead atoms. The van der Waals surface area contributed by atoms with E-state index in [1.165, 1.54) is 4.31 Å². The average molecular weight is 269 g/mol. The van der Waals surface area contributed by atoms with Gasteiger partial charge in [0.15, 0.2) is 0 Å². The molecule has 0 unspecified atom stereocenters. The van der Waals surface area contributed by atoms with Crippen LogP contribution < -0.4 is 0 Å². The maximum Gasteiger partial charge on any atom is 0.243 e. The van der Waals surface area contributed by atoms with E-state index < -0.39 is 15.6 Å². The maximum atomic E-state index is 12.4. The molecule has 1 aromatic carbocycles. The topological polar surface area (TPSA) is 57.6 Å². The van der Waals surface area contributed by atoms with Gasteiger partial charge in [-0.25, -0.2) is 8.42 Å². The van der Waals surface area contributed by atoms with Crippen LogP contribution in [0.3, 0.4) is 0 Å². The summed E-state index contributed by atoms with van der Waals surface area (Å²) in [6, 6.07) is 5.40. The largest absolute Gasteiger partial charge is 0.387 e. The molecule has 0 aromatic heterocycles. The summed E-state index contributed by atoms with van der Waals surface area (Å²) < 4.78 is 26.2. The van der Waals surface area contributed by atoms with E-state index in [2.05, 4.69) is 0 Å². The highest BCUT2D eigenvalue weighted by atomic mass is 32.2. The molecule has 1 N–H and O–H groups in total. The molecule has 1 aromatic rings. The molecule has 1 fully saturated rings. The van der Waals surface area contributed by atoms with E-state index in [9.17, 15) is 13.5 Å². The highest BCUT2D eigenvalue weighted by Crippen LogP contribution is 2.31. The van der Waals surface area contributed by atoms with Gasteiger partial charge in [-0.3, -0.25) is 0 Å². The van der Waals surface area contributed by atoms with Crippen LogP contribution in [0.5, 0.6) is 0 Å². The number of benzene rings is 1. The molecule has 1 aliphatic rings. The molecule has 1 heterocycles. The second-order valence-corrected chi connectivity index (χ2v) is 7.03. The number of hydrogen-bond acceptors (Lipinski definition) is 3. The van der Waals surface area contributed by atoms with Crippen LogP contribution in [-0.4, -0.2) is 36.5 Å². The van der Waals surface area contributed by atoms with Gasteiger partial charge in [-0.2, -0.15) is 4.31 Å². The molecular weight excluding hydrogens is 250 g/mol. The summed E-state index contributed by atoms with van der Waals surface area (Å²) in [6.45, 7) is 5.91. The van der Waals surface area contributed by atoms with Crippen molar-refractivity contribution in [3.8, 4) is 0 Å². The van der Waals surface area contributed by atoms with Gasteiger partial charge in [-0.1, -0.05) is 19.1 Å². The Morgan fingerprint density at radius 2 is 1.94 bits per heavy atom. The van der Waals surface area contributed by atoms with E-state index in [0.717, 1.165) is 11.1 Å². The van der Waals surface area contributed by atoms with Crippen molar-refractivity contribution in [1.29, 1.82) is 0 Å². The normalized spacial score (nSPS) is 19.6. The molecule has 18 heavy (non-hydrogen) atoms. The molecule has 100 valence electrons.